The third-order valence-electron chi connectivity index (χ3n) is 4.26. The Morgan fingerprint density at radius 1 is 0.708 bits per heavy atom. The van der Waals surface area contributed by atoms with Crippen LogP contribution in [0.1, 0.15) is 50.7 Å². The van der Waals surface area contributed by atoms with Crippen LogP contribution >= 0.6 is 37.0 Å². The second-order valence-corrected chi connectivity index (χ2v) is 8.92. The highest BCUT2D eigenvalue weighted by atomic mass is 31.0. The van der Waals surface area contributed by atoms with Crippen molar-refractivity contribution in [1.29, 1.82) is 0 Å². The van der Waals surface area contributed by atoms with Crippen LogP contribution in [-0.2, 0) is 0 Å². The van der Waals surface area contributed by atoms with E-state index in [1.165, 1.54) is 6.07 Å². The van der Waals surface area contributed by atoms with E-state index < -0.39 is 0 Å². The molecule has 0 aromatic heterocycles. The summed E-state index contributed by atoms with van der Waals surface area (Å²) in [6, 6.07) is 3.02. The Kier molecular flexibility index (Phi) is 6.54. The van der Waals surface area contributed by atoms with Crippen molar-refractivity contribution in [2.75, 3.05) is 0 Å². The van der Waals surface area contributed by atoms with Gasteiger partial charge in [-0.15, -0.1) is 37.0 Å². The predicted octanol–water partition coefficient (Wildman–Crippen LogP) is 3.88. The van der Waals surface area contributed by atoms with Crippen LogP contribution in [0.25, 0.3) is 11.1 Å². The molecule has 0 spiro atoms. The summed E-state index contributed by atoms with van der Waals surface area (Å²) in [6.07, 6.45) is 0. The number of rotatable bonds is 3. The van der Waals surface area contributed by atoms with E-state index in [0.717, 1.165) is 26.8 Å². The number of hydrogen-bond acceptors (Lipinski definition) is 0. The van der Waals surface area contributed by atoms with Crippen LogP contribution < -0.4 is 21.2 Å². The lowest BCUT2D eigenvalue weighted by molar-refractivity contribution is 0.601. The predicted molar refractivity (Wildman–Crippen MR) is 117 cm³/mol. The van der Waals surface area contributed by atoms with Crippen LogP contribution in [0.3, 0.4) is 0 Å². The summed E-state index contributed by atoms with van der Waals surface area (Å²) in [4.78, 5) is 0. The Morgan fingerprint density at radius 3 is 1.79 bits per heavy atom. The van der Waals surface area contributed by atoms with Gasteiger partial charge in [0.15, 0.2) is 0 Å². The molecule has 24 heavy (non-hydrogen) atoms. The van der Waals surface area contributed by atoms with Crippen LogP contribution in [-0.4, -0.2) is 0 Å². The van der Waals surface area contributed by atoms with Crippen LogP contribution in [0.5, 0.6) is 0 Å². The van der Waals surface area contributed by atoms with E-state index in [1.807, 2.05) is 27.7 Å². The average molecular weight is 402 g/mol. The minimum absolute atomic E-state index is 0.0618. The monoisotopic (exact) mass is 402 g/mol. The lowest BCUT2D eigenvalue weighted by Gasteiger charge is -2.21. The van der Waals surface area contributed by atoms with E-state index in [4.69, 9.17) is 0 Å². The van der Waals surface area contributed by atoms with E-state index in [1.54, 1.807) is 6.07 Å². The van der Waals surface area contributed by atoms with Gasteiger partial charge in [0.1, 0.15) is 11.6 Å². The summed E-state index contributed by atoms with van der Waals surface area (Å²) < 4.78 is 29.5. The molecule has 0 fully saturated rings. The average Bonchev–Trinajstić information content (AvgIpc) is 2.47. The fourth-order valence-electron chi connectivity index (χ4n) is 2.95. The van der Waals surface area contributed by atoms with Crippen molar-refractivity contribution in [3.05, 3.63) is 34.9 Å². The van der Waals surface area contributed by atoms with Gasteiger partial charge in [0.05, 0.1) is 0 Å². The highest BCUT2D eigenvalue weighted by Gasteiger charge is 2.22. The Morgan fingerprint density at radius 2 is 1.29 bits per heavy atom. The quantitative estimate of drug-likeness (QED) is 0.684. The molecule has 4 unspecified atom stereocenters. The molecule has 130 valence electrons. The summed E-state index contributed by atoms with van der Waals surface area (Å²) in [7, 11) is 10.6. The molecule has 0 radical (unpaired) electrons. The largest absolute Gasteiger partial charge is 0.207 e. The van der Waals surface area contributed by atoms with Gasteiger partial charge in [-0.25, -0.2) is 8.78 Å². The second-order valence-electron chi connectivity index (χ2n) is 6.61. The Bertz CT molecular complexity index is 799. The van der Waals surface area contributed by atoms with Crippen molar-refractivity contribution >= 4 is 58.2 Å². The smallest absolute Gasteiger partial charge is 0.132 e. The van der Waals surface area contributed by atoms with E-state index in [-0.39, 0.29) is 23.5 Å². The maximum absolute atomic E-state index is 14.9. The molecule has 0 heterocycles. The van der Waals surface area contributed by atoms with Crippen LogP contribution in [0.4, 0.5) is 8.78 Å². The molecule has 0 saturated carbocycles. The molecule has 0 saturated heterocycles. The number of hydrogen-bond donors (Lipinski definition) is 0. The van der Waals surface area contributed by atoms with Crippen molar-refractivity contribution in [3.8, 4) is 11.1 Å². The van der Waals surface area contributed by atoms with E-state index in [9.17, 15) is 8.78 Å². The van der Waals surface area contributed by atoms with Gasteiger partial charge in [0.2, 0.25) is 0 Å². The first-order chi connectivity index (χ1) is 11.1. The van der Waals surface area contributed by atoms with Gasteiger partial charge in [0.25, 0.3) is 0 Å². The van der Waals surface area contributed by atoms with Gasteiger partial charge in [-0.05, 0) is 61.9 Å². The highest BCUT2D eigenvalue weighted by Crippen LogP contribution is 2.29. The van der Waals surface area contributed by atoms with Crippen molar-refractivity contribution in [2.45, 2.75) is 39.5 Å². The molecule has 0 amide bonds. The van der Waals surface area contributed by atoms with Crippen LogP contribution in [0.2, 0.25) is 0 Å². The fourth-order valence-corrected chi connectivity index (χ4v) is 4.98. The van der Waals surface area contributed by atoms with Crippen molar-refractivity contribution < 1.29 is 8.78 Å². The van der Waals surface area contributed by atoms with Gasteiger partial charge >= 0.3 is 0 Å². The Balaban J connectivity index is 2.81. The lowest BCUT2D eigenvalue weighted by Crippen LogP contribution is -2.27. The van der Waals surface area contributed by atoms with Crippen molar-refractivity contribution in [3.63, 3.8) is 0 Å². The number of halogens is 2. The molecule has 0 bridgehead atoms. The Hall–Kier alpha value is 0.0200. The van der Waals surface area contributed by atoms with Gasteiger partial charge in [-0.3, -0.25) is 0 Å². The summed E-state index contributed by atoms with van der Waals surface area (Å²) in [5, 5.41) is 3.31. The van der Waals surface area contributed by atoms with E-state index in [0.29, 0.717) is 16.7 Å². The standard InChI is InChI=1S/C18H24F2P4/c1-7(2)9-5-12(20)14(18(24)15(9)21)10-6-11(19)13(8(3)4)17(23)16(10)22/h5-8H,21-24H2,1-4H3. The maximum Gasteiger partial charge on any atom is 0.132 e. The summed E-state index contributed by atoms with van der Waals surface area (Å²) in [5.74, 6) is -0.335. The first kappa shape index (κ1) is 20.3. The number of benzene rings is 2. The molecule has 0 nitrogen and oxygen atoms in total. The maximum atomic E-state index is 14.9. The molecule has 2 aromatic rings. The van der Waals surface area contributed by atoms with E-state index in [2.05, 4.69) is 37.0 Å². The highest BCUT2D eigenvalue weighted by molar-refractivity contribution is 7.37. The molecule has 0 aliphatic rings. The SMILES string of the molecule is CC(C)c1cc(F)c(-c2cc(F)c(C(C)C)c(P)c2P)c(P)c1P. The summed E-state index contributed by atoms with van der Waals surface area (Å²) in [5.41, 5.74) is 2.62. The zero-order valence-corrected chi connectivity index (χ0v) is 19.0. The third-order valence-corrected chi connectivity index (χ3v) is 7.41. The van der Waals surface area contributed by atoms with E-state index >= 15 is 0 Å². The first-order valence-electron chi connectivity index (χ1n) is 7.82. The topological polar surface area (TPSA) is 0 Å². The molecular weight excluding hydrogens is 378 g/mol. The van der Waals surface area contributed by atoms with Crippen molar-refractivity contribution in [2.24, 2.45) is 0 Å². The minimum atomic E-state index is -0.320. The fraction of sp³-hybridized carbons (Fsp3) is 0.333. The molecule has 4 atom stereocenters. The van der Waals surface area contributed by atoms with Gasteiger partial charge in [0, 0.05) is 5.56 Å². The lowest BCUT2D eigenvalue weighted by atomic mass is 9.94. The first-order valence-corrected chi connectivity index (χ1v) is 10.1. The summed E-state index contributed by atoms with van der Waals surface area (Å²) in [6.45, 7) is 7.97. The summed E-state index contributed by atoms with van der Waals surface area (Å²) >= 11 is 0. The molecule has 2 rings (SSSR count). The second kappa shape index (κ2) is 7.72. The Labute approximate surface area is 152 Å². The van der Waals surface area contributed by atoms with Gasteiger partial charge < -0.3 is 0 Å². The molecule has 0 N–H and O–H groups in total. The van der Waals surface area contributed by atoms with Crippen LogP contribution in [0, 0.1) is 11.6 Å². The zero-order valence-electron chi connectivity index (χ0n) is 14.4. The van der Waals surface area contributed by atoms with Crippen molar-refractivity contribution in [1.82, 2.24) is 0 Å². The van der Waals surface area contributed by atoms with Crippen LogP contribution in [0.15, 0.2) is 12.1 Å². The minimum Gasteiger partial charge on any atom is -0.207 e. The molecule has 0 aliphatic carbocycles. The molecular formula is C18H24F2P4. The normalized spacial score (nSPS) is 11.7. The third kappa shape index (κ3) is 3.60. The molecule has 6 heteroatoms. The zero-order chi connectivity index (χ0) is 18.3. The van der Waals surface area contributed by atoms with Gasteiger partial charge in [-0.2, -0.15) is 0 Å². The molecule has 2 aromatic carbocycles. The van der Waals surface area contributed by atoms with Gasteiger partial charge in [-0.1, -0.05) is 27.7 Å². The molecule has 0 aliphatic heterocycles.